The van der Waals surface area contributed by atoms with Gasteiger partial charge in [-0.2, -0.15) is 0 Å². The van der Waals surface area contributed by atoms with Gasteiger partial charge in [-0.15, -0.1) is 0 Å². The second-order valence-electron chi connectivity index (χ2n) is 29.1. The zero-order valence-electron chi connectivity index (χ0n) is 62.1. The first-order chi connectivity index (χ1) is 50.2. The molecule has 14 amide bonds. The van der Waals surface area contributed by atoms with E-state index in [4.69, 9.17) is 17.2 Å². The first-order valence-corrected chi connectivity index (χ1v) is 39.1. The van der Waals surface area contributed by atoms with Gasteiger partial charge in [-0.1, -0.05) is 108 Å². The number of amides is 14. The van der Waals surface area contributed by atoms with E-state index in [-0.39, 0.29) is 131 Å². The monoisotopic (exact) mass is 1520 g/mol. The molecule has 4 aliphatic rings. The summed E-state index contributed by atoms with van der Waals surface area (Å²) in [6.45, 7) is 15.1. The van der Waals surface area contributed by atoms with Crippen molar-refractivity contribution in [2.75, 3.05) is 44.2 Å². The Balaban J connectivity index is 1.41. The van der Waals surface area contributed by atoms with Crippen molar-refractivity contribution in [3.05, 3.63) is 59.7 Å². The summed E-state index contributed by atoms with van der Waals surface area (Å²) in [6, 6.07) is -5.49. The van der Waals surface area contributed by atoms with Crippen molar-refractivity contribution >= 4 is 104 Å². The normalized spacial score (nSPS) is 25.0. The van der Waals surface area contributed by atoms with Crippen LogP contribution < -0.4 is 70.4 Å². The Bertz CT molecular complexity index is 3420. The maximum Gasteiger partial charge on any atom is 0.246 e. The average molecular weight is 1520 g/mol. The Morgan fingerprint density at radius 2 is 0.972 bits per heavy atom. The predicted octanol–water partition coefficient (Wildman–Crippen LogP) is -0.904. The lowest BCUT2D eigenvalue weighted by Crippen LogP contribution is -2.62. The molecule has 34 heteroatoms. The van der Waals surface area contributed by atoms with E-state index in [1.54, 1.807) is 46.8 Å². The average Bonchev–Trinajstić information content (AvgIpc) is 1.63. The SMILES string of the molecule is CC[C@H](C)[C@H](NC(=O)[C@H](CC(C)C)NC(=O)[C@@H](CN)NC(=O)[C@@H]1CSSC[C@H](NC(C)=O)C(=O)N2CCC[C@H]2C(=O)N2CCC[C@H]2C(=O)N[C@@H](Cc2ccc(O)cc2)C(=O)N[C@@H](CC(C)C)C(=O)N2CCC[C@H]2C(=O)N[C@@H](CCN)C(=O)N[C@@H](Cc2ccc(O)cc2)C(=O)N[C@@H](CC(C)C)C(=O)N1)C(N)=O. The van der Waals surface area contributed by atoms with E-state index in [2.05, 4.69) is 53.2 Å². The van der Waals surface area contributed by atoms with Crippen LogP contribution in [0.3, 0.4) is 0 Å². The molecule has 2 aromatic carbocycles. The summed E-state index contributed by atoms with van der Waals surface area (Å²) in [5.41, 5.74) is 18.9. The smallest absolute Gasteiger partial charge is 0.246 e. The number of nitrogens with zero attached hydrogens (tertiary/aromatic N) is 3. The molecule has 0 spiro atoms. The number of fused-ring (bicyclic) bond motifs is 3. The van der Waals surface area contributed by atoms with Crippen LogP contribution in [0, 0.1) is 23.7 Å². The molecule has 0 bridgehead atoms. The quantitative estimate of drug-likeness (QED) is 0.0599. The molecule has 106 heavy (non-hydrogen) atoms. The van der Waals surface area contributed by atoms with Crippen LogP contribution in [0.2, 0.25) is 0 Å². The van der Waals surface area contributed by atoms with E-state index in [1.165, 1.54) is 58.0 Å². The molecule has 0 aliphatic carbocycles. The molecule has 0 saturated carbocycles. The Kier molecular flexibility index (Phi) is 33.6. The number of carbonyl (C=O) groups excluding carboxylic acids is 14. The molecule has 0 radical (unpaired) electrons. The highest BCUT2D eigenvalue weighted by Crippen LogP contribution is 2.30. The molecular weight excluding hydrogens is 1410 g/mol. The maximum atomic E-state index is 15.0. The van der Waals surface area contributed by atoms with E-state index in [1.807, 2.05) is 20.8 Å². The summed E-state index contributed by atoms with van der Waals surface area (Å²) >= 11 is 0. The number of nitrogens with one attached hydrogen (secondary N) is 10. The van der Waals surface area contributed by atoms with Crippen molar-refractivity contribution in [2.24, 2.45) is 40.9 Å². The largest absolute Gasteiger partial charge is 0.508 e. The van der Waals surface area contributed by atoms with Gasteiger partial charge in [0.25, 0.3) is 0 Å². The topological polar surface area (TPSA) is 488 Å². The van der Waals surface area contributed by atoms with Gasteiger partial charge in [-0.25, -0.2) is 0 Å². The first kappa shape index (κ1) is 86.2. The molecule has 0 unspecified atom stereocenters. The molecular formula is C72H110N16O16S2. The van der Waals surface area contributed by atoms with Crippen LogP contribution in [0.15, 0.2) is 48.5 Å². The van der Waals surface area contributed by atoms with Crippen LogP contribution in [0.25, 0.3) is 0 Å². The molecule has 0 aromatic heterocycles. The van der Waals surface area contributed by atoms with Crippen LogP contribution >= 0.6 is 21.6 Å². The number of hydrogen-bond donors (Lipinski definition) is 15. The molecule has 6 rings (SSSR count). The number of primary amides is 1. The second kappa shape index (κ2) is 41.4. The fraction of sp³-hybridized carbons (Fsp3) is 0.639. The summed E-state index contributed by atoms with van der Waals surface area (Å²) in [4.78, 5) is 206. The number of rotatable bonds is 23. The van der Waals surface area contributed by atoms with E-state index >= 15 is 0 Å². The minimum atomic E-state index is -1.59. The summed E-state index contributed by atoms with van der Waals surface area (Å²) in [5, 5.41) is 47.6. The molecule has 18 N–H and O–H groups in total. The van der Waals surface area contributed by atoms with Crippen LogP contribution in [0.1, 0.15) is 144 Å². The van der Waals surface area contributed by atoms with Crippen molar-refractivity contribution in [3.8, 4) is 11.5 Å². The fourth-order valence-electron chi connectivity index (χ4n) is 13.4. The van der Waals surface area contributed by atoms with E-state index in [0.717, 1.165) is 21.6 Å². The Morgan fingerprint density at radius 3 is 1.46 bits per heavy atom. The molecule has 4 fully saturated rings. The number of nitrogens with two attached hydrogens (primary N) is 3. The van der Waals surface area contributed by atoms with Crippen molar-refractivity contribution < 1.29 is 77.3 Å². The number of phenols is 2. The number of phenolic OH excluding ortho intramolecular Hbond substituents is 2. The minimum Gasteiger partial charge on any atom is -0.508 e. The molecule has 4 saturated heterocycles. The van der Waals surface area contributed by atoms with Gasteiger partial charge in [0.1, 0.15) is 90.0 Å². The highest BCUT2D eigenvalue weighted by atomic mass is 33.1. The zero-order valence-corrected chi connectivity index (χ0v) is 63.7. The molecule has 2 aromatic rings. The second-order valence-corrected chi connectivity index (χ2v) is 31.6. The first-order valence-electron chi connectivity index (χ1n) is 36.7. The zero-order chi connectivity index (χ0) is 78.2. The Hall–Kier alpha value is -8.76. The van der Waals surface area contributed by atoms with E-state index in [0.29, 0.717) is 36.8 Å². The van der Waals surface area contributed by atoms with Crippen LogP contribution in [0.4, 0.5) is 0 Å². The summed E-state index contributed by atoms with van der Waals surface area (Å²) < 4.78 is 0. The van der Waals surface area contributed by atoms with Gasteiger partial charge in [0.05, 0.1) is 0 Å². The predicted molar refractivity (Wildman–Crippen MR) is 397 cm³/mol. The van der Waals surface area contributed by atoms with Gasteiger partial charge in [0.15, 0.2) is 0 Å². The van der Waals surface area contributed by atoms with Gasteiger partial charge < -0.3 is 95.3 Å². The lowest BCUT2D eigenvalue weighted by Gasteiger charge is -2.33. The molecule has 4 heterocycles. The van der Waals surface area contributed by atoms with Crippen LogP contribution in [-0.2, 0) is 80.0 Å². The summed E-state index contributed by atoms with van der Waals surface area (Å²) in [5.74, 6) is -12.5. The van der Waals surface area contributed by atoms with Crippen LogP contribution in [-0.4, -0.2) is 230 Å². The molecule has 4 aliphatic heterocycles. The van der Waals surface area contributed by atoms with Gasteiger partial charge in [-0.05, 0) is 130 Å². The van der Waals surface area contributed by atoms with Gasteiger partial charge >= 0.3 is 0 Å². The van der Waals surface area contributed by atoms with Crippen molar-refractivity contribution in [1.29, 1.82) is 0 Å². The Morgan fingerprint density at radius 1 is 0.528 bits per heavy atom. The standard InChI is InChI=1S/C72H110N16O16S2/c1-10-41(8)59(60(75)92)85-65(97)49(31-39(4)5)79-66(98)53(35-74)83-67(99)54-36-105-106-37-55(76-42(9)89)71(103)88-29-13-16-58(88)72(104)87-28-12-15-57(87)69(101)81-51(34-44-19-23-46(91)24-20-44)64(96)82-52(32-40(6)7)70(102)86-27-11-14-56(86)68(100)77-47(25-26-73)61(93)80-50(33-43-17-21-45(90)22-18-43)63(95)78-48(30-38(2)3)62(94)84-54/h17-24,38-41,47-59,90-91H,10-16,25-37,73-74H2,1-9H3,(H2,75,92)(H,76,89)(H,77,100)(H,78,95)(H,79,98)(H,80,93)(H,81,101)(H,82,96)(H,83,99)(H,84,94)(H,85,97)/t41-,47-,48-,49-,50-,51-,52-,53+,54-,55-,56-,57-,58-,59-/m0/s1. The third-order valence-corrected chi connectivity index (χ3v) is 21.6. The van der Waals surface area contributed by atoms with E-state index < -0.39 is 168 Å². The molecule has 32 nitrogen and oxygen atoms in total. The van der Waals surface area contributed by atoms with Gasteiger partial charge in [0, 0.05) is 57.5 Å². The lowest BCUT2D eigenvalue weighted by atomic mass is 9.97. The van der Waals surface area contributed by atoms with E-state index in [9.17, 15) is 77.3 Å². The van der Waals surface area contributed by atoms with Crippen molar-refractivity contribution in [3.63, 3.8) is 0 Å². The summed E-state index contributed by atoms with van der Waals surface area (Å²) in [7, 11) is 1.97. The fourth-order valence-corrected chi connectivity index (χ4v) is 15.7. The molecule has 586 valence electrons. The lowest BCUT2D eigenvalue weighted by molar-refractivity contribution is -0.147. The number of carbonyl (C=O) groups is 14. The maximum absolute atomic E-state index is 15.0. The minimum absolute atomic E-state index is 0.0628. The van der Waals surface area contributed by atoms with Crippen molar-refractivity contribution in [2.45, 2.75) is 224 Å². The van der Waals surface area contributed by atoms with Gasteiger partial charge in [0.2, 0.25) is 82.7 Å². The van der Waals surface area contributed by atoms with Gasteiger partial charge in [-0.3, -0.25) is 67.1 Å². The van der Waals surface area contributed by atoms with Crippen LogP contribution in [0.5, 0.6) is 11.5 Å². The third kappa shape index (κ3) is 25.2. The molecule has 14 atom stereocenters. The number of aromatic hydroxyl groups is 2. The number of benzene rings is 2. The number of hydrogen-bond acceptors (Lipinski definition) is 20. The third-order valence-electron chi connectivity index (χ3n) is 19.2. The Labute approximate surface area is 627 Å². The highest BCUT2D eigenvalue weighted by Gasteiger charge is 2.46. The highest BCUT2D eigenvalue weighted by molar-refractivity contribution is 8.76. The summed E-state index contributed by atoms with van der Waals surface area (Å²) in [6.07, 6.45) is 1.62. The van der Waals surface area contributed by atoms with Crippen molar-refractivity contribution in [1.82, 2.24) is 67.9 Å².